The van der Waals surface area contributed by atoms with Crippen LogP contribution >= 0.6 is 0 Å². The van der Waals surface area contributed by atoms with E-state index in [1.54, 1.807) is 0 Å². The topological polar surface area (TPSA) is 3.24 Å². The highest BCUT2D eigenvalue weighted by atomic mass is 15.1. The van der Waals surface area contributed by atoms with Gasteiger partial charge in [-0.15, -0.1) is 6.42 Å². The van der Waals surface area contributed by atoms with E-state index in [9.17, 15) is 0 Å². The lowest BCUT2D eigenvalue weighted by Gasteiger charge is -2.34. The van der Waals surface area contributed by atoms with Crippen molar-refractivity contribution in [2.75, 3.05) is 20.1 Å². The Kier molecular flexibility index (Phi) is 2.01. The monoisotopic (exact) mass is 137 g/mol. The van der Waals surface area contributed by atoms with Gasteiger partial charge in [0.2, 0.25) is 0 Å². The molecule has 0 aliphatic carbocycles. The zero-order valence-electron chi connectivity index (χ0n) is 6.85. The van der Waals surface area contributed by atoms with Gasteiger partial charge in [-0.25, -0.2) is 0 Å². The molecule has 1 aliphatic rings. The van der Waals surface area contributed by atoms with Gasteiger partial charge in [-0.3, -0.25) is 0 Å². The quantitative estimate of drug-likeness (QED) is 0.455. The fraction of sp³-hybridized carbons (Fsp3) is 0.778. The van der Waals surface area contributed by atoms with Crippen molar-refractivity contribution < 1.29 is 0 Å². The second kappa shape index (κ2) is 2.64. The van der Waals surface area contributed by atoms with Gasteiger partial charge in [-0.05, 0) is 33.4 Å². The molecule has 0 saturated carbocycles. The van der Waals surface area contributed by atoms with E-state index in [0.717, 1.165) is 6.54 Å². The molecule has 1 fully saturated rings. The number of piperidine rings is 1. The summed E-state index contributed by atoms with van der Waals surface area (Å²) < 4.78 is 0. The van der Waals surface area contributed by atoms with Gasteiger partial charge in [0.15, 0.2) is 0 Å². The summed E-state index contributed by atoms with van der Waals surface area (Å²) in [6, 6.07) is 0. The van der Waals surface area contributed by atoms with Crippen molar-refractivity contribution in [2.24, 2.45) is 5.41 Å². The zero-order valence-corrected chi connectivity index (χ0v) is 6.85. The summed E-state index contributed by atoms with van der Waals surface area (Å²) in [6.07, 6.45) is 7.86. The first-order valence-electron chi connectivity index (χ1n) is 3.83. The summed E-state index contributed by atoms with van der Waals surface area (Å²) in [6.45, 7) is 4.43. The van der Waals surface area contributed by atoms with Crippen molar-refractivity contribution >= 4 is 0 Å². The minimum absolute atomic E-state index is 0.146. The highest BCUT2D eigenvalue weighted by Crippen LogP contribution is 2.27. The third-order valence-corrected chi connectivity index (χ3v) is 2.24. The number of rotatable bonds is 0. The van der Waals surface area contributed by atoms with E-state index in [-0.39, 0.29) is 5.41 Å². The summed E-state index contributed by atoms with van der Waals surface area (Å²) >= 11 is 0. The maximum atomic E-state index is 5.42. The SMILES string of the molecule is C#CC1(C)CCCN(C)C1. The molecule has 1 nitrogen and oxygen atoms in total. The molecule has 0 N–H and O–H groups in total. The van der Waals surface area contributed by atoms with Crippen molar-refractivity contribution in [1.82, 2.24) is 4.90 Å². The van der Waals surface area contributed by atoms with Crippen molar-refractivity contribution in [3.8, 4) is 12.3 Å². The van der Waals surface area contributed by atoms with Gasteiger partial charge in [-0.1, -0.05) is 5.92 Å². The number of hydrogen-bond acceptors (Lipinski definition) is 1. The van der Waals surface area contributed by atoms with Crippen LogP contribution in [-0.4, -0.2) is 25.0 Å². The number of likely N-dealkylation sites (tertiary alicyclic amines) is 1. The first-order chi connectivity index (χ1) is 4.66. The molecule has 0 aromatic heterocycles. The normalized spacial score (nSPS) is 35.3. The van der Waals surface area contributed by atoms with E-state index in [2.05, 4.69) is 24.8 Å². The molecule has 56 valence electrons. The first kappa shape index (κ1) is 7.63. The average Bonchev–Trinajstić information content (AvgIpc) is 1.88. The van der Waals surface area contributed by atoms with Crippen LogP contribution in [0.5, 0.6) is 0 Å². The van der Waals surface area contributed by atoms with E-state index in [1.165, 1.54) is 19.4 Å². The summed E-state index contributed by atoms with van der Waals surface area (Å²) in [5, 5.41) is 0. The molecular formula is C9H15N. The fourth-order valence-corrected chi connectivity index (χ4v) is 1.61. The molecule has 1 rings (SSSR count). The molecule has 0 bridgehead atoms. The van der Waals surface area contributed by atoms with Crippen molar-refractivity contribution in [2.45, 2.75) is 19.8 Å². The maximum Gasteiger partial charge on any atom is 0.0411 e. The predicted octanol–water partition coefficient (Wildman–Crippen LogP) is 1.35. The van der Waals surface area contributed by atoms with Crippen LogP contribution in [-0.2, 0) is 0 Å². The Morgan fingerprint density at radius 1 is 1.60 bits per heavy atom. The van der Waals surface area contributed by atoms with Gasteiger partial charge in [0, 0.05) is 12.0 Å². The van der Waals surface area contributed by atoms with Crippen LogP contribution in [0, 0.1) is 17.8 Å². The molecule has 0 amide bonds. The lowest BCUT2D eigenvalue weighted by Crippen LogP contribution is -2.38. The maximum absolute atomic E-state index is 5.42. The van der Waals surface area contributed by atoms with Gasteiger partial charge in [0.05, 0.1) is 0 Å². The van der Waals surface area contributed by atoms with E-state index >= 15 is 0 Å². The van der Waals surface area contributed by atoms with E-state index in [0.29, 0.717) is 0 Å². The van der Waals surface area contributed by atoms with Crippen LogP contribution in [0.1, 0.15) is 19.8 Å². The summed E-state index contributed by atoms with van der Waals surface area (Å²) in [7, 11) is 2.13. The third kappa shape index (κ3) is 1.52. The summed E-state index contributed by atoms with van der Waals surface area (Å²) in [5.41, 5.74) is 0.146. The molecule has 0 aromatic carbocycles. The lowest BCUT2D eigenvalue weighted by molar-refractivity contribution is 0.175. The largest absolute Gasteiger partial charge is 0.305 e. The van der Waals surface area contributed by atoms with E-state index < -0.39 is 0 Å². The van der Waals surface area contributed by atoms with Gasteiger partial charge in [0.25, 0.3) is 0 Å². The van der Waals surface area contributed by atoms with Crippen LogP contribution in [0.15, 0.2) is 0 Å². The zero-order chi connectivity index (χ0) is 7.61. The second-order valence-electron chi connectivity index (χ2n) is 3.55. The van der Waals surface area contributed by atoms with Gasteiger partial charge < -0.3 is 4.90 Å². The first-order valence-corrected chi connectivity index (χ1v) is 3.83. The van der Waals surface area contributed by atoms with Crippen molar-refractivity contribution in [3.63, 3.8) is 0 Å². The molecule has 1 unspecified atom stereocenters. The molecule has 10 heavy (non-hydrogen) atoms. The predicted molar refractivity (Wildman–Crippen MR) is 43.7 cm³/mol. The number of hydrogen-bond donors (Lipinski definition) is 0. The summed E-state index contributed by atoms with van der Waals surface area (Å²) in [5.74, 6) is 2.87. The molecule has 0 radical (unpaired) electrons. The van der Waals surface area contributed by atoms with E-state index in [4.69, 9.17) is 6.42 Å². The third-order valence-electron chi connectivity index (χ3n) is 2.24. The Balaban J connectivity index is 2.56. The highest BCUT2D eigenvalue weighted by Gasteiger charge is 2.26. The molecule has 1 heteroatoms. The second-order valence-corrected chi connectivity index (χ2v) is 3.55. The number of nitrogens with zero attached hydrogens (tertiary/aromatic N) is 1. The minimum Gasteiger partial charge on any atom is -0.305 e. The molecule has 0 spiro atoms. The summed E-state index contributed by atoms with van der Waals surface area (Å²) in [4.78, 5) is 2.31. The van der Waals surface area contributed by atoms with Crippen LogP contribution in [0.3, 0.4) is 0 Å². The van der Waals surface area contributed by atoms with Gasteiger partial charge in [0.1, 0.15) is 0 Å². The number of terminal acetylenes is 1. The highest BCUT2D eigenvalue weighted by molar-refractivity contribution is 5.05. The Morgan fingerprint density at radius 2 is 2.30 bits per heavy atom. The van der Waals surface area contributed by atoms with Crippen molar-refractivity contribution in [1.29, 1.82) is 0 Å². The smallest absolute Gasteiger partial charge is 0.0411 e. The molecule has 1 heterocycles. The molecule has 1 aliphatic heterocycles. The van der Waals surface area contributed by atoms with Crippen molar-refractivity contribution in [3.05, 3.63) is 0 Å². The van der Waals surface area contributed by atoms with Crippen LogP contribution < -0.4 is 0 Å². The van der Waals surface area contributed by atoms with Crippen LogP contribution in [0.4, 0.5) is 0 Å². The fourth-order valence-electron chi connectivity index (χ4n) is 1.61. The Morgan fingerprint density at radius 3 is 2.70 bits per heavy atom. The Bertz CT molecular complexity index is 157. The molecule has 0 aromatic rings. The molecule has 1 atom stereocenters. The molecular weight excluding hydrogens is 122 g/mol. The minimum atomic E-state index is 0.146. The Labute approximate surface area is 63.4 Å². The van der Waals surface area contributed by atoms with Gasteiger partial charge >= 0.3 is 0 Å². The van der Waals surface area contributed by atoms with Gasteiger partial charge in [-0.2, -0.15) is 0 Å². The lowest BCUT2D eigenvalue weighted by atomic mass is 9.83. The Hall–Kier alpha value is -0.480. The van der Waals surface area contributed by atoms with Crippen LogP contribution in [0.2, 0.25) is 0 Å². The van der Waals surface area contributed by atoms with E-state index in [1.807, 2.05) is 0 Å². The molecule has 1 saturated heterocycles. The standard InChI is InChI=1S/C9H15N/c1-4-9(2)6-5-7-10(3)8-9/h1H,5-8H2,2-3H3. The average molecular weight is 137 g/mol. The van der Waals surface area contributed by atoms with Crippen LogP contribution in [0.25, 0.3) is 0 Å².